The Balaban J connectivity index is 4.16. The van der Waals surface area contributed by atoms with Gasteiger partial charge in [0.1, 0.15) is 12.1 Å². The van der Waals surface area contributed by atoms with Crippen LogP contribution in [0.4, 0.5) is 0 Å². The second kappa shape index (κ2) is 31.5. The van der Waals surface area contributed by atoms with Crippen molar-refractivity contribution in [1.29, 1.82) is 0 Å². The molecule has 7 nitrogen and oxygen atoms in total. The molecule has 0 aromatic rings. The highest BCUT2D eigenvalue weighted by molar-refractivity contribution is 5.83. The third kappa shape index (κ3) is 27.9. The van der Waals surface area contributed by atoms with E-state index >= 15 is 0 Å². The van der Waals surface area contributed by atoms with Crippen LogP contribution in [0.15, 0.2) is 60.8 Å². The summed E-state index contributed by atoms with van der Waals surface area (Å²) >= 11 is 0. The van der Waals surface area contributed by atoms with Gasteiger partial charge in [0, 0.05) is 12.8 Å². The molecule has 0 aliphatic carbocycles. The van der Waals surface area contributed by atoms with Gasteiger partial charge in [-0.2, -0.15) is 0 Å². The van der Waals surface area contributed by atoms with Crippen LogP contribution in [0.25, 0.3) is 0 Å². The summed E-state index contributed by atoms with van der Waals surface area (Å²) in [6, 6.07) is -0.880. The molecule has 0 fully saturated rings. The van der Waals surface area contributed by atoms with Gasteiger partial charge in [0.2, 0.25) is 5.91 Å². The van der Waals surface area contributed by atoms with Gasteiger partial charge in [-0.15, -0.1) is 0 Å². The van der Waals surface area contributed by atoms with Crippen molar-refractivity contribution in [2.75, 3.05) is 6.54 Å². The fraction of sp³-hybridized carbons (Fsp3) is 0.649. The van der Waals surface area contributed by atoms with Gasteiger partial charge in [-0.05, 0) is 96.4 Å². The lowest BCUT2D eigenvalue weighted by Gasteiger charge is -2.18. The topological polar surface area (TPSA) is 119 Å². The molecular weight excluding hydrogens is 552 g/mol. The Morgan fingerprint density at radius 3 is 1.80 bits per heavy atom. The number of aliphatic carboxylic acids is 1. The highest BCUT2D eigenvalue weighted by Gasteiger charge is 2.19. The lowest BCUT2D eigenvalue weighted by atomic mass is 10.0. The maximum Gasteiger partial charge on any atom is 0.326 e. The van der Waals surface area contributed by atoms with Gasteiger partial charge in [0.25, 0.3) is 0 Å². The Morgan fingerprint density at radius 1 is 0.682 bits per heavy atom. The van der Waals surface area contributed by atoms with E-state index in [1.54, 1.807) is 0 Å². The molecule has 0 aromatic carbocycles. The second-order valence-electron chi connectivity index (χ2n) is 11.2. The molecule has 2 unspecified atom stereocenters. The Kier molecular flexibility index (Phi) is 29.4. The number of ether oxygens (including phenoxy) is 1. The van der Waals surface area contributed by atoms with Crippen LogP contribution in [0.2, 0.25) is 0 Å². The van der Waals surface area contributed by atoms with E-state index in [9.17, 15) is 19.5 Å². The average Bonchev–Trinajstić information content (AvgIpc) is 3.00. The van der Waals surface area contributed by atoms with E-state index in [0.29, 0.717) is 38.6 Å². The number of carboxylic acids is 1. The lowest BCUT2D eigenvalue weighted by Crippen LogP contribution is -2.40. The first-order valence-electron chi connectivity index (χ1n) is 17.1. The zero-order valence-electron chi connectivity index (χ0n) is 27.7. The van der Waals surface area contributed by atoms with Crippen molar-refractivity contribution < 1.29 is 24.2 Å². The Bertz CT molecular complexity index is 875. The number of carbonyl (C=O) groups is 3. The quantitative estimate of drug-likeness (QED) is 0.0441. The Hall–Kier alpha value is -2.93. The highest BCUT2D eigenvalue weighted by atomic mass is 16.5. The maximum absolute atomic E-state index is 12.5. The zero-order chi connectivity index (χ0) is 32.5. The minimum atomic E-state index is -1.03. The third-order valence-electron chi connectivity index (χ3n) is 7.10. The molecule has 0 spiro atoms. The molecule has 0 saturated heterocycles. The van der Waals surface area contributed by atoms with Crippen molar-refractivity contribution in [3.63, 3.8) is 0 Å². The molecule has 1 amide bonds. The standard InChI is InChI=1S/C37H62N2O5/c1-3-5-7-8-9-10-11-12-13-14-15-16-17-18-19-20-25-31-36(41)44-33(27-22-6-4-2)28-23-21-24-30-35(40)39-34(37(42)43)29-26-32-38/h5,7,9-10,12-13,15-16,18-19,33-34H,3-4,6,8,11,14,17,20-32,38H2,1-2H3,(H,39,40)(H,42,43)/b7-5-,10-9-,13-12-,16-15-,19-18-. The van der Waals surface area contributed by atoms with Gasteiger partial charge in [-0.1, -0.05) is 93.9 Å². The van der Waals surface area contributed by atoms with Gasteiger partial charge >= 0.3 is 11.9 Å². The number of rotatable bonds is 29. The normalized spacial score (nSPS) is 13.5. The highest BCUT2D eigenvalue weighted by Crippen LogP contribution is 2.16. The summed E-state index contributed by atoms with van der Waals surface area (Å²) in [4.78, 5) is 35.9. The predicted octanol–water partition coefficient (Wildman–Crippen LogP) is 8.66. The van der Waals surface area contributed by atoms with Crippen molar-refractivity contribution in [3.8, 4) is 0 Å². The SMILES string of the molecule is CC/C=C\C/C=C\C/C=C\C/C=C\C/C=C\CCCC(=O)OC(CCCCC)CCCCCC(=O)NC(CCCN)C(=O)O. The molecule has 0 aliphatic rings. The number of nitrogens with two attached hydrogens (primary N) is 1. The summed E-state index contributed by atoms with van der Waals surface area (Å²) in [7, 11) is 0. The largest absolute Gasteiger partial charge is 0.480 e. The smallest absolute Gasteiger partial charge is 0.326 e. The van der Waals surface area contributed by atoms with Crippen molar-refractivity contribution in [2.24, 2.45) is 5.73 Å². The number of amides is 1. The summed E-state index contributed by atoms with van der Waals surface area (Å²) in [5, 5.41) is 11.8. The first kappa shape index (κ1) is 41.1. The molecular formula is C37H62N2O5. The molecule has 0 aromatic heterocycles. The molecule has 44 heavy (non-hydrogen) atoms. The Morgan fingerprint density at radius 2 is 1.25 bits per heavy atom. The summed E-state index contributed by atoms with van der Waals surface area (Å²) in [6.07, 6.45) is 37.2. The van der Waals surface area contributed by atoms with E-state index in [1.165, 1.54) is 0 Å². The number of hydrogen-bond donors (Lipinski definition) is 3. The number of carboxylic acid groups (broad SMARTS) is 1. The average molecular weight is 615 g/mol. The maximum atomic E-state index is 12.5. The monoisotopic (exact) mass is 614 g/mol. The number of nitrogens with one attached hydrogen (secondary N) is 1. The molecule has 0 rings (SSSR count). The molecule has 7 heteroatoms. The van der Waals surface area contributed by atoms with Crippen LogP contribution < -0.4 is 11.1 Å². The summed E-state index contributed by atoms with van der Waals surface area (Å²) in [6.45, 7) is 4.70. The molecule has 0 heterocycles. The van der Waals surface area contributed by atoms with Crippen LogP contribution in [0.1, 0.15) is 136 Å². The number of allylic oxidation sites excluding steroid dienone is 10. The number of esters is 1. The van der Waals surface area contributed by atoms with E-state index in [0.717, 1.165) is 89.9 Å². The van der Waals surface area contributed by atoms with Crippen LogP contribution >= 0.6 is 0 Å². The Labute approximate surface area is 268 Å². The molecule has 0 radical (unpaired) electrons. The van der Waals surface area contributed by atoms with E-state index in [4.69, 9.17) is 10.5 Å². The van der Waals surface area contributed by atoms with Crippen LogP contribution in [-0.4, -0.2) is 41.6 Å². The van der Waals surface area contributed by atoms with Gasteiger partial charge in [0.05, 0.1) is 0 Å². The lowest BCUT2D eigenvalue weighted by molar-refractivity contribution is -0.150. The van der Waals surface area contributed by atoms with Crippen LogP contribution in [0.3, 0.4) is 0 Å². The fourth-order valence-electron chi connectivity index (χ4n) is 4.54. The third-order valence-corrected chi connectivity index (χ3v) is 7.10. The van der Waals surface area contributed by atoms with Gasteiger partial charge in [0.15, 0.2) is 0 Å². The number of carbonyl (C=O) groups excluding carboxylic acids is 2. The van der Waals surface area contributed by atoms with E-state index in [1.807, 2.05) is 0 Å². The van der Waals surface area contributed by atoms with Crippen molar-refractivity contribution in [1.82, 2.24) is 5.32 Å². The van der Waals surface area contributed by atoms with Crippen LogP contribution in [0, 0.1) is 0 Å². The minimum Gasteiger partial charge on any atom is -0.480 e. The predicted molar refractivity (Wildman–Crippen MR) is 183 cm³/mol. The summed E-state index contributed by atoms with van der Waals surface area (Å²) < 4.78 is 5.83. The van der Waals surface area contributed by atoms with Crippen molar-refractivity contribution in [3.05, 3.63) is 60.8 Å². The van der Waals surface area contributed by atoms with Crippen molar-refractivity contribution >= 4 is 17.8 Å². The fourth-order valence-corrected chi connectivity index (χ4v) is 4.54. The minimum absolute atomic E-state index is 0.0794. The van der Waals surface area contributed by atoms with Crippen LogP contribution in [0.5, 0.6) is 0 Å². The van der Waals surface area contributed by atoms with E-state index < -0.39 is 12.0 Å². The summed E-state index contributed by atoms with van der Waals surface area (Å²) in [5.74, 6) is -1.40. The zero-order valence-corrected chi connectivity index (χ0v) is 27.7. The van der Waals surface area contributed by atoms with Gasteiger partial charge in [-0.25, -0.2) is 4.79 Å². The van der Waals surface area contributed by atoms with Crippen molar-refractivity contribution in [2.45, 2.75) is 148 Å². The number of unbranched alkanes of at least 4 members (excludes halogenated alkanes) is 5. The second-order valence-corrected chi connectivity index (χ2v) is 11.2. The first-order chi connectivity index (χ1) is 21.4. The van der Waals surface area contributed by atoms with Gasteiger partial charge < -0.3 is 20.9 Å². The first-order valence-corrected chi connectivity index (χ1v) is 17.1. The van der Waals surface area contributed by atoms with E-state index in [-0.39, 0.29) is 18.0 Å². The van der Waals surface area contributed by atoms with Gasteiger partial charge in [-0.3, -0.25) is 9.59 Å². The molecule has 0 bridgehead atoms. The molecule has 0 aliphatic heterocycles. The molecule has 4 N–H and O–H groups in total. The summed E-state index contributed by atoms with van der Waals surface area (Å²) in [5.41, 5.74) is 5.45. The molecule has 250 valence electrons. The molecule has 0 saturated carbocycles. The number of hydrogen-bond acceptors (Lipinski definition) is 5. The van der Waals surface area contributed by atoms with Crippen LogP contribution in [-0.2, 0) is 19.1 Å². The van der Waals surface area contributed by atoms with E-state index in [2.05, 4.69) is 79.9 Å². The molecule has 2 atom stereocenters.